The lowest BCUT2D eigenvalue weighted by Crippen LogP contribution is -2.22. The highest BCUT2D eigenvalue weighted by Crippen LogP contribution is 2.49. The van der Waals surface area contributed by atoms with Crippen LogP contribution in [-0.2, 0) is 9.59 Å². The molecule has 2 heteroatoms. The fourth-order valence-electron chi connectivity index (χ4n) is 7.71. The van der Waals surface area contributed by atoms with Gasteiger partial charge in [-0.2, -0.15) is 0 Å². The number of hydrogen-bond acceptors (Lipinski definition) is 2. The number of ketones is 2. The van der Waals surface area contributed by atoms with E-state index in [0.29, 0.717) is 70.7 Å². The molecule has 0 unspecified atom stereocenters. The average Bonchev–Trinajstić information content (AvgIpc) is 2.97. The molecule has 0 aromatic heterocycles. The minimum atomic E-state index is 0.361. The van der Waals surface area contributed by atoms with Crippen LogP contribution >= 0.6 is 0 Å². The maximum atomic E-state index is 12.0. The highest BCUT2D eigenvalue weighted by atomic mass is 16.1. The van der Waals surface area contributed by atoms with Crippen LogP contribution < -0.4 is 0 Å². The van der Waals surface area contributed by atoms with Crippen molar-refractivity contribution >= 4 is 11.6 Å². The molecule has 4 rings (SSSR count). The highest BCUT2D eigenvalue weighted by Gasteiger charge is 2.46. The number of carbonyl (C=O) groups excluding carboxylic acids is 2. The Balaban J connectivity index is 0.000000181. The summed E-state index contributed by atoms with van der Waals surface area (Å²) in [5, 5.41) is 0. The Hall–Kier alpha value is -1.18. The van der Waals surface area contributed by atoms with E-state index < -0.39 is 0 Å². The molecule has 0 saturated heterocycles. The van der Waals surface area contributed by atoms with Crippen molar-refractivity contribution < 1.29 is 9.59 Å². The van der Waals surface area contributed by atoms with Gasteiger partial charge in [-0.25, -0.2) is 0 Å². The van der Waals surface area contributed by atoms with Crippen molar-refractivity contribution in [3.05, 3.63) is 24.3 Å². The maximum absolute atomic E-state index is 12.0. The lowest BCUT2D eigenvalue weighted by molar-refractivity contribution is -0.123. The van der Waals surface area contributed by atoms with Crippen LogP contribution in [0.2, 0.25) is 0 Å². The molecule has 0 N–H and O–H groups in total. The predicted molar refractivity (Wildman–Crippen MR) is 134 cm³/mol. The van der Waals surface area contributed by atoms with E-state index in [2.05, 4.69) is 54.7 Å². The first-order valence-electron chi connectivity index (χ1n) is 13.4. The lowest BCUT2D eigenvalue weighted by atomic mass is 9.79. The molecule has 0 spiro atoms. The van der Waals surface area contributed by atoms with Crippen molar-refractivity contribution in [3.63, 3.8) is 0 Å². The Kier molecular flexibility index (Phi) is 8.26. The molecule has 32 heavy (non-hydrogen) atoms. The van der Waals surface area contributed by atoms with Gasteiger partial charge >= 0.3 is 0 Å². The van der Waals surface area contributed by atoms with Crippen LogP contribution in [-0.4, -0.2) is 11.6 Å². The summed E-state index contributed by atoms with van der Waals surface area (Å²) in [5.74, 6) is 6.74. The van der Waals surface area contributed by atoms with E-state index in [0.717, 1.165) is 12.8 Å². The van der Waals surface area contributed by atoms with Gasteiger partial charge in [0.1, 0.15) is 11.6 Å². The van der Waals surface area contributed by atoms with Crippen LogP contribution in [0.5, 0.6) is 0 Å². The van der Waals surface area contributed by atoms with Crippen molar-refractivity contribution in [1.29, 1.82) is 0 Å². The third-order valence-corrected chi connectivity index (χ3v) is 9.85. The summed E-state index contributed by atoms with van der Waals surface area (Å²) >= 11 is 0. The van der Waals surface area contributed by atoms with Crippen molar-refractivity contribution in [2.24, 2.45) is 59.2 Å². The van der Waals surface area contributed by atoms with Crippen molar-refractivity contribution in [2.75, 3.05) is 0 Å². The first-order valence-corrected chi connectivity index (χ1v) is 13.4. The third kappa shape index (κ3) is 5.31. The number of fused-ring (bicyclic) bond motifs is 2. The second-order valence-corrected chi connectivity index (χ2v) is 12.3. The zero-order valence-corrected chi connectivity index (χ0v) is 21.7. The van der Waals surface area contributed by atoms with E-state index >= 15 is 0 Å². The van der Waals surface area contributed by atoms with E-state index in [4.69, 9.17) is 0 Å². The Bertz CT molecular complexity index is 671. The molecular formula is C30H48O2. The van der Waals surface area contributed by atoms with Gasteiger partial charge in [-0.3, -0.25) is 9.59 Å². The maximum Gasteiger partial charge on any atom is 0.136 e. The largest absolute Gasteiger partial charge is 0.299 e. The molecule has 4 aliphatic carbocycles. The van der Waals surface area contributed by atoms with Gasteiger partial charge in [-0.1, -0.05) is 52.0 Å². The predicted octanol–water partition coefficient (Wildman–Crippen LogP) is 7.68. The minimum Gasteiger partial charge on any atom is -0.299 e. The average molecular weight is 441 g/mol. The summed E-state index contributed by atoms with van der Waals surface area (Å²) in [6.07, 6.45) is 8.95. The second-order valence-electron chi connectivity index (χ2n) is 12.3. The van der Waals surface area contributed by atoms with Gasteiger partial charge in [0.15, 0.2) is 0 Å². The van der Waals surface area contributed by atoms with Crippen molar-refractivity contribution in [1.82, 2.24) is 0 Å². The van der Waals surface area contributed by atoms with Crippen LogP contribution in [0.1, 0.15) is 92.9 Å². The molecule has 10 atom stereocenters. The highest BCUT2D eigenvalue weighted by molar-refractivity contribution is 5.84. The molecule has 0 heterocycles. The van der Waals surface area contributed by atoms with Gasteiger partial charge in [0.2, 0.25) is 0 Å². The van der Waals surface area contributed by atoms with Gasteiger partial charge in [0.25, 0.3) is 0 Å². The van der Waals surface area contributed by atoms with Crippen molar-refractivity contribution in [3.8, 4) is 0 Å². The SMILES string of the molecule is C=C(C)[C@@H]1CC[C@H](C)[C@@H]2C(=O)C[C@H](C)[C@H]2C1.C=C(C)[C@@H]1CC[C@H](C)[C@H]2C(=O)C[C@H](C)[C@@H]2C1. The zero-order chi connectivity index (χ0) is 23.7. The van der Waals surface area contributed by atoms with Crippen LogP contribution in [0, 0.1) is 59.2 Å². The zero-order valence-electron chi connectivity index (χ0n) is 21.7. The minimum absolute atomic E-state index is 0.361. The van der Waals surface area contributed by atoms with Crippen LogP contribution in [0.3, 0.4) is 0 Å². The Morgan fingerprint density at radius 2 is 0.969 bits per heavy atom. The van der Waals surface area contributed by atoms with E-state index in [1.54, 1.807) is 0 Å². The summed E-state index contributed by atoms with van der Waals surface area (Å²) in [5.41, 5.74) is 2.64. The molecule has 2 nitrogen and oxygen atoms in total. The smallest absolute Gasteiger partial charge is 0.136 e. The number of hydrogen-bond donors (Lipinski definition) is 0. The molecule has 0 amide bonds. The van der Waals surface area contributed by atoms with E-state index in [1.807, 2.05) is 0 Å². The van der Waals surface area contributed by atoms with Crippen LogP contribution in [0.4, 0.5) is 0 Å². The van der Waals surface area contributed by atoms with E-state index in [9.17, 15) is 9.59 Å². The first-order chi connectivity index (χ1) is 15.0. The Morgan fingerprint density at radius 1 is 0.625 bits per heavy atom. The summed E-state index contributed by atoms with van der Waals surface area (Å²) in [6.45, 7) is 21.6. The Morgan fingerprint density at radius 3 is 1.28 bits per heavy atom. The second kappa shape index (κ2) is 10.4. The third-order valence-electron chi connectivity index (χ3n) is 9.85. The quantitative estimate of drug-likeness (QED) is 0.413. The lowest BCUT2D eigenvalue weighted by Gasteiger charge is -2.24. The molecule has 4 aliphatic rings. The number of rotatable bonds is 2. The molecule has 0 bridgehead atoms. The standard InChI is InChI=1S/2C15H24O/c2*1-9(2)12-6-5-10(3)15-13(8-12)11(4)7-14(15)16/h2*10-13,15H,1,5-8H2,2-4H3/t10-,11-,12+,13+,15-;10-,11-,12+,13-,15+/m00/s1. The molecule has 180 valence electrons. The molecule has 4 fully saturated rings. The van der Waals surface area contributed by atoms with Crippen molar-refractivity contribution in [2.45, 2.75) is 92.9 Å². The topological polar surface area (TPSA) is 34.1 Å². The number of carbonyl (C=O) groups is 2. The molecule has 0 aromatic rings. The summed E-state index contributed by atoms with van der Waals surface area (Å²) < 4.78 is 0. The van der Waals surface area contributed by atoms with E-state index in [1.165, 1.54) is 49.7 Å². The molecule has 0 radical (unpaired) electrons. The summed E-state index contributed by atoms with van der Waals surface area (Å²) in [6, 6.07) is 0. The number of allylic oxidation sites excluding steroid dienone is 2. The van der Waals surface area contributed by atoms with Crippen LogP contribution in [0.15, 0.2) is 24.3 Å². The monoisotopic (exact) mass is 440 g/mol. The molecule has 0 aromatic carbocycles. The normalized spacial score (nSPS) is 43.9. The fourth-order valence-corrected chi connectivity index (χ4v) is 7.71. The van der Waals surface area contributed by atoms with Gasteiger partial charge in [0.05, 0.1) is 0 Å². The molecular weight excluding hydrogens is 392 g/mol. The number of Topliss-reactive ketones (excluding diaryl/α,β-unsaturated/α-hetero) is 2. The van der Waals surface area contributed by atoms with Gasteiger partial charge in [0, 0.05) is 24.7 Å². The first kappa shape index (κ1) is 25.4. The van der Waals surface area contributed by atoms with Gasteiger partial charge in [-0.05, 0) is 99.7 Å². The Labute approximate surface area is 197 Å². The van der Waals surface area contributed by atoms with Crippen LogP contribution in [0.25, 0.3) is 0 Å². The van der Waals surface area contributed by atoms with Gasteiger partial charge < -0.3 is 0 Å². The fraction of sp³-hybridized carbons (Fsp3) is 0.800. The summed E-state index contributed by atoms with van der Waals surface area (Å²) in [4.78, 5) is 24.1. The molecule has 4 saturated carbocycles. The van der Waals surface area contributed by atoms with E-state index in [-0.39, 0.29) is 0 Å². The van der Waals surface area contributed by atoms with Gasteiger partial charge in [-0.15, -0.1) is 0 Å². The summed E-state index contributed by atoms with van der Waals surface area (Å²) in [7, 11) is 0. The molecule has 0 aliphatic heterocycles.